The van der Waals surface area contributed by atoms with Crippen LogP contribution in [0.1, 0.15) is 62.6 Å². The Morgan fingerprint density at radius 3 is 2.67 bits per heavy atom. The van der Waals surface area contributed by atoms with Gasteiger partial charge in [-0.2, -0.15) is 5.10 Å². The Hall–Kier alpha value is -1.36. The standard InChI is InChI=1S/C16H28N4O/c1-4-13-10-14(20(5-2)19-13)15(21)18-16(11-17)8-6-12(3)7-9-16/h10,12H,4-9,11,17H2,1-3H3,(H,18,21). The maximum Gasteiger partial charge on any atom is 0.270 e. The van der Waals surface area contributed by atoms with Gasteiger partial charge in [-0.05, 0) is 51.0 Å². The van der Waals surface area contributed by atoms with E-state index >= 15 is 0 Å². The molecule has 1 fully saturated rings. The van der Waals surface area contributed by atoms with Crippen LogP contribution in [0.2, 0.25) is 0 Å². The molecule has 2 rings (SSSR count). The molecule has 1 aromatic heterocycles. The quantitative estimate of drug-likeness (QED) is 0.873. The Bertz CT molecular complexity index is 486. The summed E-state index contributed by atoms with van der Waals surface area (Å²) in [6.45, 7) is 7.53. The number of nitrogens with zero attached hydrogens (tertiary/aromatic N) is 2. The predicted octanol–water partition coefficient (Wildman–Crippen LogP) is 2.10. The van der Waals surface area contributed by atoms with Gasteiger partial charge in [0.05, 0.1) is 11.2 Å². The van der Waals surface area contributed by atoms with Crippen LogP contribution in [0, 0.1) is 5.92 Å². The average molecular weight is 292 g/mol. The van der Waals surface area contributed by atoms with Gasteiger partial charge in [-0.25, -0.2) is 0 Å². The van der Waals surface area contributed by atoms with Crippen LogP contribution in [0.15, 0.2) is 6.07 Å². The molecule has 0 saturated heterocycles. The smallest absolute Gasteiger partial charge is 0.270 e. The third-order valence-electron chi connectivity index (χ3n) is 4.73. The zero-order valence-corrected chi connectivity index (χ0v) is 13.5. The molecule has 1 amide bonds. The first-order chi connectivity index (χ1) is 10.0. The van der Waals surface area contributed by atoms with Crippen LogP contribution < -0.4 is 11.1 Å². The van der Waals surface area contributed by atoms with Crippen molar-refractivity contribution in [2.45, 2.75) is 65.0 Å². The van der Waals surface area contributed by atoms with Crippen LogP contribution in [0.5, 0.6) is 0 Å². The van der Waals surface area contributed by atoms with Gasteiger partial charge in [0.2, 0.25) is 0 Å². The second-order valence-corrected chi connectivity index (χ2v) is 6.31. The van der Waals surface area contributed by atoms with Gasteiger partial charge < -0.3 is 11.1 Å². The molecule has 5 heteroatoms. The molecule has 0 atom stereocenters. The van der Waals surface area contributed by atoms with Crippen LogP contribution >= 0.6 is 0 Å². The Balaban J connectivity index is 2.14. The highest BCUT2D eigenvalue weighted by molar-refractivity contribution is 5.93. The molecule has 1 aromatic rings. The van der Waals surface area contributed by atoms with E-state index < -0.39 is 0 Å². The van der Waals surface area contributed by atoms with Gasteiger partial charge in [0.1, 0.15) is 5.69 Å². The third kappa shape index (κ3) is 3.46. The Morgan fingerprint density at radius 1 is 1.48 bits per heavy atom. The van der Waals surface area contributed by atoms with E-state index in [0.29, 0.717) is 18.8 Å². The van der Waals surface area contributed by atoms with Gasteiger partial charge in [-0.1, -0.05) is 13.8 Å². The van der Waals surface area contributed by atoms with Crippen LogP contribution in [0.25, 0.3) is 0 Å². The molecule has 0 bridgehead atoms. The number of rotatable bonds is 5. The normalized spacial score (nSPS) is 25.8. The summed E-state index contributed by atoms with van der Waals surface area (Å²) >= 11 is 0. The molecule has 1 heterocycles. The second-order valence-electron chi connectivity index (χ2n) is 6.31. The molecular formula is C16H28N4O. The molecule has 0 aromatic carbocycles. The van der Waals surface area contributed by atoms with E-state index in [0.717, 1.165) is 43.7 Å². The van der Waals surface area contributed by atoms with Gasteiger partial charge in [0, 0.05) is 13.1 Å². The van der Waals surface area contributed by atoms with Crippen molar-refractivity contribution in [3.63, 3.8) is 0 Å². The zero-order valence-electron chi connectivity index (χ0n) is 13.5. The number of aryl methyl sites for hydroxylation is 2. The van der Waals surface area contributed by atoms with E-state index in [4.69, 9.17) is 5.73 Å². The van der Waals surface area contributed by atoms with Gasteiger partial charge in [0.25, 0.3) is 5.91 Å². The lowest BCUT2D eigenvalue weighted by Crippen LogP contribution is -2.55. The van der Waals surface area contributed by atoms with Gasteiger partial charge in [-0.15, -0.1) is 0 Å². The Kier molecular flexibility index (Phi) is 5.04. The third-order valence-corrected chi connectivity index (χ3v) is 4.73. The summed E-state index contributed by atoms with van der Waals surface area (Å²) in [6, 6.07) is 1.90. The molecule has 1 aliphatic rings. The molecular weight excluding hydrogens is 264 g/mol. The van der Waals surface area contributed by atoms with Crippen molar-refractivity contribution in [3.05, 3.63) is 17.5 Å². The van der Waals surface area contributed by atoms with Crippen molar-refractivity contribution in [3.8, 4) is 0 Å². The molecule has 0 aliphatic heterocycles. The Morgan fingerprint density at radius 2 is 2.14 bits per heavy atom. The summed E-state index contributed by atoms with van der Waals surface area (Å²) in [4.78, 5) is 12.6. The largest absolute Gasteiger partial charge is 0.344 e. The number of hydrogen-bond acceptors (Lipinski definition) is 3. The summed E-state index contributed by atoms with van der Waals surface area (Å²) in [5.74, 6) is 0.693. The number of carbonyl (C=O) groups is 1. The molecule has 0 radical (unpaired) electrons. The number of amides is 1. The summed E-state index contributed by atoms with van der Waals surface area (Å²) in [7, 11) is 0. The van der Waals surface area contributed by atoms with Crippen LogP contribution in [0.3, 0.4) is 0 Å². The minimum atomic E-state index is -0.237. The molecule has 1 saturated carbocycles. The van der Waals surface area contributed by atoms with Gasteiger partial charge >= 0.3 is 0 Å². The van der Waals surface area contributed by atoms with Gasteiger partial charge in [0.15, 0.2) is 0 Å². The average Bonchev–Trinajstić information content (AvgIpc) is 2.93. The lowest BCUT2D eigenvalue weighted by atomic mass is 9.77. The monoisotopic (exact) mass is 292 g/mol. The maximum atomic E-state index is 12.6. The molecule has 0 unspecified atom stereocenters. The fourth-order valence-electron chi connectivity index (χ4n) is 3.07. The minimum Gasteiger partial charge on any atom is -0.344 e. The highest BCUT2D eigenvalue weighted by Gasteiger charge is 2.35. The summed E-state index contributed by atoms with van der Waals surface area (Å²) in [5, 5.41) is 7.65. The van der Waals surface area contributed by atoms with E-state index in [1.807, 2.05) is 19.9 Å². The highest BCUT2D eigenvalue weighted by atomic mass is 16.2. The van der Waals surface area contributed by atoms with E-state index in [-0.39, 0.29) is 11.4 Å². The zero-order chi connectivity index (χ0) is 15.5. The number of nitrogens with two attached hydrogens (primary N) is 1. The summed E-state index contributed by atoms with van der Waals surface area (Å²) in [6.07, 6.45) is 5.04. The van der Waals surface area contributed by atoms with Crippen molar-refractivity contribution in [2.75, 3.05) is 6.54 Å². The maximum absolute atomic E-state index is 12.6. The molecule has 21 heavy (non-hydrogen) atoms. The fourth-order valence-corrected chi connectivity index (χ4v) is 3.07. The van der Waals surface area contributed by atoms with E-state index in [2.05, 4.69) is 17.3 Å². The van der Waals surface area contributed by atoms with E-state index in [9.17, 15) is 4.79 Å². The van der Waals surface area contributed by atoms with Crippen molar-refractivity contribution in [1.29, 1.82) is 0 Å². The van der Waals surface area contributed by atoms with Crippen molar-refractivity contribution in [1.82, 2.24) is 15.1 Å². The topological polar surface area (TPSA) is 72.9 Å². The number of nitrogens with one attached hydrogen (secondary N) is 1. The SMILES string of the molecule is CCc1cc(C(=O)NC2(CN)CCC(C)CC2)n(CC)n1. The Labute approximate surface area is 127 Å². The number of aromatic nitrogens is 2. The van der Waals surface area contributed by atoms with Crippen LogP contribution in [-0.4, -0.2) is 27.8 Å². The fraction of sp³-hybridized carbons (Fsp3) is 0.750. The molecule has 1 aliphatic carbocycles. The first kappa shape index (κ1) is 16.0. The van der Waals surface area contributed by atoms with E-state index in [1.54, 1.807) is 4.68 Å². The lowest BCUT2D eigenvalue weighted by molar-refractivity contribution is 0.0849. The predicted molar refractivity (Wildman–Crippen MR) is 84.2 cm³/mol. The van der Waals surface area contributed by atoms with E-state index in [1.165, 1.54) is 0 Å². The molecule has 3 N–H and O–H groups in total. The minimum absolute atomic E-state index is 0.0379. The summed E-state index contributed by atoms with van der Waals surface area (Å²) in [5.41, 5.74) is 7.35. The number of carbonyl (C=O) groups excluding carboxylic acids is 1. The van der Waals surface area contributed by atoms with Gasteiger partial charge in [-0.3, -0.25) is 9.48 Å². The van der Waals surface area contributed by atoms with Crippen molar-refractivity contribution in [2.24, 2.45) is 11.7 Å². The van der Waals surface area contributed by atoms with Crippen LogP contribution in [0.4, 0.5) is 0 Å². The lowest BCUT2D eigenvalue weighted by Gasteiger charge is -2.39. The van der Waals surface area contributed by atoms with Crippen molar-refractivity contribution < 1.29 is 4.79 Å². The second kappa shape index (κ2) is 6.60. The summed E-state index contributed by atoms with van der Waals surface area (Å²) < 4.78 is 1.78. The first-order valence-electron chi connectivity index (χ1n) is 8.13. The number of hydrogen-bond donors (Lipinski definition) is 2. The molecule has 5 nitrogen and oxygen atoms in total. The first-order valence-corrected chi connectivity index (χ1v) is 8.13. The van der Waals surface area contributed by atoms with Crippen LogP contribution in [-0.2, 0) is 13.0 Å². The molecule has 118 valence electrons. The molecule has 0 spiro atoms. The highest BCUT2D eigenvalue weighted by Crippen LogP contribution is 2.31. The van der Waals surface area contributed by atoms with Crippen molar-refractivity contribution >= 4 is 5.91 Å².